The molecule has 0 amide bonds. The molecule has 1 rings (SSSR count). The minimum atomic E-state index is -0.953. The highest BCUT2D eigenvalue weighted by Crippen LogP contribution is 2.20. The lowest BCUT2D eigenvalue weighted by Gasteiger charge is -2.18. The van der Waals surface area contributed by atoms with E-state index in [1.54, 1.807) is 20.8 Å². The van der Waals surface area contributed by atoms with Crippen LogP contribution in [0.2, 0.25) is 0 Å². The van der Waals surface area contributed by atoms with E-state index in [9.17, 15) is 14.4 Å². The number of ether oxygens (including phenoxy) is 4. The molecule has 0 fully saturated rings. The second-order valence-electron chi connectivity index (χ2n) is 5.30. The number of esters is 2. The zero-order valence-corrected chi connectivity index (χ0v) is 13.1. The minimum absolute atomic E-state index is 0.0300. The maximum atomic E-state index is 11.7. The molecule has 0 unspecified atom stereocenters. The molecule has 0 aliphatic rings. The van der Waals surface area contributed by atoms with Crippen molar-refractivity contribution in [1.29, 1.82) is 0 Å². The Labute approximate surface area is 128 Å². The van der Waals surface area contributed by atoms with Crippen molar-refractivity contribution in [2.75, 3.05) is 14.2 Å². The van der Waals surface area contributed by atoms with Crippen molar-refractivity contribution in [2.45, 2.75) is 26.4 Å². The molecule has 1 aromatic carbocycles. The van der Waals surface area contributed by atoms with Gasteiger partial charge in [-0.25, -0.2) is 14.4 Å². The van der Waals surface area contributed by atoms with Crippen molar-refractivity contribution in [3.8, 4) is 5.75 Å². The summed E-state index contributed by atoms with van der Waals surface area (Å²) in [6.45, 7) is 5.04. The van der Waals surface area contributed by atoms with Gasteiger partial charge >= 0.3 is 18.1 Å². The van der Waals surface area contributed by atoms with E-state index in [1.165, 1.54) is 32.4 Å². The molecule has 22 heavy (non-hydrogen) atoms. The second-order valence-corrected chi connectivity index (χ2v) is 5.30. The molecule has 0 spiro atoms. The van der Waals surface area contributed by atoms with E-state index in [0.29, 0.717) is 0 Å². The highest BCUT2D eigenvalue weighted by atomic mass is 16.7. The van der Waals surface area contributed by atoms with Crippen LogP contribution in [-0.2, 0) is 14.2 Å². The fourth-order valence-electron chi connectivity index (χ4n) is 1.50. The van der Waals surface area contributed by atoms with Crippen LogP contribution >= 0.6 is 0 Å². The molecule has 7 nitrogen and oxygen atoms in total. The lowest BCUT2D eigenvalue weighted by molar-refractivity contribution is 0.0203. The van der Waals surface area contributed by atoms with Crippen LogP contribution < -0.4 is 4.74 Å². The molecule has 0 aromatic heterocycles. The summed E-state index contributed by atoms with van der Waals surface area (Å²) in [4.78, 5) is 34.8. The smallest absolute Gasteiger partial charge is 0.465 e. The summed E-state index contributed by atoms with van der Waals surface area (Å²) in [6.07, 6.45) is -0.953. The van der Waals surface area contributed by atoms with Gasteiger partial charge in [-0.2, -0.15) is 0 Å². The molecule has 0 N–H and O–H groups in total. The first kappa shape index (κ1) is 17.5. The summed E-state index contributed by atoms with van der Waals surface area (Å²) in [7, 11) is 2.39. The summed E-state index contributed by atoms with van der Waals surface area (Å²) in [6, 6.07) is 3.81. The van der Waals surface area contributed by atoms with E-state index < -0.39 is 23.7 Å². The van der Waals surface area contributed by atoms with Gasteiger partial charge in [-0.1, -0.05) is 0 Å². The first-order valence-corrected chi connectivity index (χ1v) is 6.39. The zero-order chi connectivity index (χ0) is 16.9. The van der Waals surface area contributed by atoms with E-state index in [2.05, 4.69) is 9.47 Å². The largest absolute Gasteiger partial charge is 0.514 e. The zero-order valence-electron chi connectivity index (χ0n) is 13.1. The molecule has 0 aliphatic heterocycles. The van der Waals surface area contributed by atoms with Crippen molar-refractivity contribution in [3.63, 3.8) is 0 Å². The Balaban J connectivity index is 3.10. The Morgan fingerprint density at radius 1 is 0.864 bits per heavy atom. The number of carbonyl (C=O) groups is 3. The maximum absolute atomic E-state index is 11.7. The highest BCUT2D eigenvalue weighted by molar-refractivity contribution is 5.96. The standard InChI is InChI=1S/C15H18O7/c1-15(2,3)22-14(18)21-11-7-9(12(16)19-4)6-10(8-11)13(17)20-5/h6-8H,1-5H3. The number of hydrogen-bond acceptors (Lipinski definition) is 7. The lowest BCUT2D eigenvalue weighted by Crippen LogP contribution is -2.26. The molecule has 0 bridgehead atoms. The molecule has 0 saturated heterocycles. The van der Waals surface area contributed by atoms with E-state index in [1.807, 2.05) is 0 Å². The van der Waals surface area contributed by atoms with Crippen molar-refractivity contribution in [2.24, 2.45) is 0 Å². The third-order valence-corrected chi connectivity index (χ3v) is 2.34. The molecule has 120 valence electrons. The molecule has 0 saturated carbocycles. The van der Waals surface area contributed by atoms with E-state index in [4.69, 9.17) is 9.47 Å². The van der Waals surface area contributed by atoms with Crippen LogP contribution in [0.25, 0.3) is 0 Å². The predicted octanol–water partition coefficient (Wildman–Crippen LogP) is 2.57. The Morgan fingerprint density at radius 3 is 1.68 bits per heavy atom. The second kappa shape index (κ2) is 6.93. The van der Waals surface area contributed by atoms with Crippen molar-refractivity contribution < 1.29 is 33.3 Å². The van der Waals surface area contributed by atoms with Crippen molar-refractivity contribution >= 4 is 18.1 Å². The minimum Gasteiger partial charge on any atom is -0.465 e. The van der Waals surface area contributed by atoms with Gasteiger partial charge in [0.05, 0.1) is 25.3 Å². The fourth-order valence-corrected chi connectivity index (χ4v) is 1.50. The van der Waals surface area contributed by atoms with Crippen LogP contribution in [-0.4, -0.2) is 37.9 Å². The van der Waals surface area contributed by atoms with E-state index in [-0.39, 0.29) is 16.9 Å². The average molecular weight is 310 g/mol. The molecular weight excluding hydrogens is 292 g/mol. The Kier molecular flexibility index (Phi) is 5.50. The van der Waals surface area contributed by atoms with Gasteiger partial charge in [-0.3, -0.25) is 0 Å². The van der Waals surface area contributed by atoms with Gasteiger partial charge in [0.15, 0.2) is 0 Å². The topological polar surface area (TPSA) is 88.1 Å². The molecule has 0 aliphatic carbocycles. The molecule has 0 heterocycles. The number of hydrogen-bond donors (Lipinski definition) is 0. The van der Waals surface area contributed by atoms with Crippen LogP contribution in [0, 0.1) is 0 Å². The monoisotopic (exact) mass is 310 g/mol. The highest BCUT2D eigenvalue weighted by Gasteiger charge is 2.20. The van der Waals surface area contributed by atoms with Gasteiger partial charge in [0.2, 0.25) is 0 Å². The Hall–Kier alpha value is -2.57. The summed E-state index contributed by atoms with van der Waals surface area (Å²) in [5.41, 5.74) is -0.643. The van der Waals surface area contributed by atoms with Crippen LogP contribution in [0.15, 0.2) is 18.2 Å². The van der Waals surface area contributed by atoms with Gasteiger partial charge in [-0.15, -0.1) is 0 Å². The number of benzene rings is 1. The van der Waals surface area contributed by atoms with Gasteiger partial charge in [-0.05, 0) is 39.0 Å². The molecule has 0 atom stereocenters. The Morgan fingerprint density at radius 2 is 1.32 bits per heavy atom. The molecule has 1 aromatic rings. The van der Waals surface area contributed by atoms with Crippen molar-refractivity contribution in [3.05, 3.63) is 29.3 Å². The molecular formula is C15H18O7. The van der Waals surface area contributed by atoms with E-state index >= 15 is 0 Å². The Bertz CT molecular complexity index is 550. The van der Waals surface area contributed by atoms with Gasteiger partial charge < -0.3 is 18.9 Å². The average Bonchev–Trinajstić information content (AvgIpc) is 2.42. The van der Waals surface area contributed by atoms with Crippen molar-refractivity contribution in [1.82, 2.24) is 0 Å². The third-order valence-electron chi connectivity index (χ3n) is 2.34. The predicted molar refractivity (Wildman–Crippen MR) is 76.0 cm³/mol. The number of rotatable bonds is 3. The van der Waals surface area contributed by atoms with Gasteiger partial charge in [0.1, 0.15) is 11.4 Å². The lowest BCUT2D eigenvalue weighted by atomic mass is 10.1. The van der Waals surface area contributed by atoms with Gasteiger partial charge in [0, 0.05) is 0 Å². The first-order valence-electron chi connectivity index (χ1n) is 6.39. The third kappa shape index (κ3) is 5.08. The summed E-state index contributed by atoms with van der Waals surface area (Å²) in [5, 5.41) is 0. The fraction of sp³-hybridized carbons (Fsp3) is 0.400. The molecule has 7 heteroatoms. The maximum Gasteiger partial charge on any atom is 0.514 e. The van der Waals surface area contributed by atoms with Gasteiger partial charge in [0.25, 0.3) is 0 Å². The number of carbonyl (C=O) groups excluding carboxylic acids is 3. The van der Waals surface area contributed by atoms with Crippen LogP contribution in [0.5, 0.6) is 5.75 Å². The van der Waals surface area contributed by atoms with E-state index in [0.717, 1.165) is 0 Å². The summed E-state index contributed by atoms with van der Waals surface area (Å²) < 4.78 is 19.2. The first-order chi connectivity index (χ1) is 10.2. The SMILES string of the molecule is COC(=O)c1cc(OC(=O)OC(C)(C)C)cc(C(=O)OC)c1. The normalized spacial score (nSPS) is 10.6. The quantitative estimate of drug-likeness (QED) is 0.481. The summed E-state index contributed by atoms with van der Waals surface area (Å²) in [5.74, 6) is -1.39. The van der Waals surface area contributed by atoms with Crippen LogP contribution in [0.1, 0.15) is 41.5 Å². The number of methoxy groups -OCH3 is 2. The van der Waals surface area contributed by atoms with Crippen LogP contribution in [0.3, 0.4) is 0 Å². The molecule has 0 radical (unpaired) electrons. The summed E-state index contributed by atoms with van der Waals surface area (Å²) >= 11 is 0. The van der Waals surface area contributed by atoms with Crippen LogP contribution in [0.4, 0.5) is 4.79 Å².